The van der Waals surface area contributed by atoms with Gasteiger partial charge in [0.25, 0.3) is 0 Å². The summed E-state index contributed by atoms with van der Waals surface area (Å²) < 4.78 is 23.2. The summed E-state index contributed by atoms with van der Waals surface area (Å²) >= 11 is 0. The summed E-state index contributed by atoms with van der Waals surface area (Å²) in [4.78, 5) is 26.3. The Morgan fingerprint density at radius 2 is 1.95 bits per heavy atom. The number of amides is 2. The fraction of sp³-hybridized carbons (Fsp3) is 0.867. The Labute approximate surface area is 132 Å². The van der Waals surface area contributed by atoms with Crippen molar-refractivity contribution in [1.29, 1.82) is 0 Å². The molecule has 1 aliphatic carbocycles. The lowest BCUT2D eigenvalue weighted by Crippen LogP contribution is -2.43. The molecule has 0 spiro atoms. The maximum atomic E-state index is 12.6. The van der Waals surface area contributed by atoms with E-state index in [-0.39, 0.29) is 47.2 Å². The SMILES string of the molecule is CCC(C)NC(=O)C1CC1C(=O)N(CC)C1CCS(=O)(=O)C1. The van der Waals surface area contributed by atoms with Crippen LogP contribution in [0.2, 0.25) is 0 Å². The Balaban J connectivity index is 1.93. The molecule has 1 aliphatic heterocycles. The van der Waals surface area contributed by atoms with Gasteiger partial charge in [0.15, 0.2) is 9.84 Å². The summed E-state index contributed by atoms with van der Waals surface area (Å²) in [5.41, 5.74) is 0. The predicted octanol–water partition coefficient (Wildman–Crippen LogP) is 0.573. The number of carbonyl (C=O) groups is 2. The van der Waals surface area contributed by atoms with Crippen molar-refractivity contribution in [3.05, 3.63) is 0 Å². The van der Waals surface area contributed by atoms with Crippen LogP contribution in [0.5, 0.6) is 0 Å². The van der Waals surface area contributed by atoms with Crippen LogP contribution < -0.4 is 5.32 Å². The highest BCUT2D eigenvalue weighted by Gasteiger charge is 2.50. The largest absolute Gasteiger partial charge is 0.353 e. The second kappa shape index (κ2) is 6.56. The number of hydrogen-bond acceptors (Lipinski definition) is 4. The molecule has 1 saturated carbocycles. The van der Waals surface area contributed by atoms with E-state index in [1.807, 2.05) is 20.8 Å². The smallest absolute Gasteiger partial charge is 0.226 e. The molecule has 2 rings (SSSR count). The van der Waals surface area contributed by atoms with Crippen LogP contribution in [0.3, 0.4) is 0 Å². The second-order valence-corrected chi connectivity index (χ2v) is 8.68. The van der Waals surface area contributed by atoms with Gasteiger partial charge in [-0.3, -0.25) is 9.59 Å². The summed E-state index contributed by atoms with van der Waals surface area (Å²) in [6, 6.07) is -0.104. The van der Waals surface area contributed by atoms with E-state index in [4.69, 9.17) is 0 Å². The topological polar surface area (TPSA) is 83.6 Å². The molecule has 0 bridgehead atoms. The summed E-state index contributed by atoms with van der Waals surface area (Å²) in [6.07, 6.45) is 1.95. The molecule has 4 unspecified atom stereocenters. The van der Waals surface area contributed by atoms with E-state index in [1.54, 1.807) is 4.90 Å². The molecule has 4 atom stereocenters. The molecule has 1 saturated heterocycles. The average molecular weight is 330 g/mol. The van der Waals surface area contributed by atoms with Gasteiger partial charge in [-0.1, -0.05) is 6.92 Å². The van der Waals surface area contributed by atoms with Gasteiger partial charge >= 0.3 is 0 Å². The van der Waals surface area contributed by atoms with Gasteiger partial charge in [0.05, 0.1) is 23.3 Å². The molecule has 6 nitrogen and oxygen atoms in total. The lowest BCUT2D eigenvalue weighted by molar-refractivity contribution is -0.136. The number of nitrogens with one attached hydrogen (secondary N) is 1. The minimum atomic E-state index is -3.01. The first-order chi connectivity index (χ1) is 10.3. The van der Waals surface area contributed by atoms with E-state index in [2.05, 4.69) is 5.32 Å². The summed E-state index contributed by atoms with van der Waals surface area (Å²) in [5.74, 6) is -0.412. The molecule has 1 N–H and O–H groups in total. The molecule has 22 heavy (non-hydrogen) atoms. The molecule has 0 aromatic carbocycles. The fourth-order valence-electron chi connectivity index (χ4n) is 3.04. The molecular weight excluding hydrogens is 304 g/mol. The normalized spacial score (nSPS) is 30.6. The third kappa shape index (κ3) is 3.80. The van der Waals surface area contributed by atoms with Gasteiger partial charge in [0, 0.05) is 18.6 Å². The zero-order valence-corrected chi connectivity index (χ0v) is 14.4. The standard InChI is InChI=1S/C15H26N2O4S/c1-4-10(3)16-14(18)12-8-13(12)15(19)17(5-2)11-6-7-22(20,21)9-11/h10-13H,4-9H2,1-3H3,(H,16,18). The van der Waals surface area contributed by atoms with Crippen LogP contribution in [0, 0.1) is 11.8 Å². The second-order valence-electron chi connectivity index (χ2n) is 6.45. The van der Waals surface area contributed by atoms with Crippen molar-refractivity contribution in [1.82, 2.24) is 10.2 Å². The van der Waals surface area contributed by atoms with Crippen molar-refractivity contribution in [3.63, 3.8) is 0 Å². The Morgan fingerprint density at radius 3 is 2.45 bits per heavy atom. The quantitative estimate of drug-likeness (QED) is 0.772. The van der Waals surface area contributed by atoms with E-state index in [0.29, 0.717) is 19.4 Å². The molecule has 0 radical (unpaired) electrons. The van der Waals surface area contributed by atoms with E-state index in [0.717, 1.165) is 6.42 Å². The highest BCUT2D eigenvalue weighted by Crippen LogP contribution is 2.41. The van der Waals surface area contributed by atoms with Gasteiger partial charge in [0.2, 0.25) is 11.8 Å². The zero-order chi connectivity index (χ0) is 16.5. The van der Waals surface area contributed by atoms with Gasteiger partial charge in [-0.05, 0) is 33.1 Å². The Kier molecular flexibility index (Phi) is 5.14. The highest BCUT2D eigenvalue weighted by molar-refractivity contribution is 7.91. The lowest BCUT2D eigenvalue weighted by Gasteiger charge is -2.27. The number of rotatable bonds is 6. The molecule has 7 heteroatoms. The van der Waals surface area contributed by atoms with Crippen LogP contribution in [-0.2, 0) is 19.4 Å². The average Bonchev–Trinajstić information content (AvgIpc) is 3.18. The van der Waals surface area contributed by atoms with Crippen molar-refractivity contribution in [2.75, 3.05) is 18.1 Å². The Bertz CT molecular complexity index is 546. The molecule has 2 aliphatic rings. The van der Waals surface area contributed by atoms with Crippen LogP contribution in [0.15, 0.2) is 0 Å². The van der Waals surface area contributed by atoms with Crippen LogP contribution >= 0.6 is 0 Å². The van der Waals surface area contributed by atoms with Crippen molar-refractivity contribution < 1.29 is 18.0 Å². The summed E-state index contributed by atoms with van der Waals surface area (Å²) in [6.45, 7) is 6.30. The van der Waals surface area contributed by atoms with E-state index >= 15 is 0 Å². The van der Waals surface area contributed by atoms with Gasteiger partial charge in [-0.2, -0.15) is 0 Å². The van der Waals surface area contributed by atoms with Crippen molar-refractivity contribution in [2.45, 2.75) is 52.1 Å². The maximum absolute atomic E-state index is 12.6. The van der Waals surface area contributed by atoms with Crippen LogP contribution in [0.4, 0.5) is 0 Å². The predicted molar refractivity (Wildman–Crippen MR) is 83.9 cm³/mol. The molecule has 2 amide bonds. The number of sulfone groups is 1. The third-order valence-corrected chi connectivity index (χ3v) is 6.47. The van der Waals surface area contributed by atoms with Crippen LogP contribution in [0.25, 0.3) is 0 Å². The summed E-state index contributed by atoms with van der Waals surface area (Å²) in [7, 11) is -3.01. The number of hydrogen-bond donors (Lipinski definition) is 1. The monoisotopic (exact) mass is 330 g/mol. The van der Waals surface area contributed by atoms with Gasteiger partial charge < -0.3 is 10.2 Å². The minimum Gasteiger partial charge on any atom is -0.353 e. The summed E-state index contributed by atoms with van der Waals surface area (Å²) in [5, 5.41) is 2.91. The third-order valence-electron chi connectivity index (χ3n) is 4.72. The number of nitrogens with zero attached hydrogens (tertiary/aromatic N) is 1. The van der Waals surface area contributed by atoms with Crippen molar-refractivity contribution in [2.24, 2.45) is 11.8 Å². The van der Waals surface area contributed by atoms with E-state index < -0.39 is 9.84 Å². The first-order valence-corrected chi connectivity index (χ1v) is 9.92. The van der Waals surface area contributed by atoms with E-state index in [9.17, 15) is 18.0 Å². The van der Waals surface area contributed by atoms with Crippen molar-refractivity contribution in [3.8, 4) is 0 Å². The number of carbonyl (C=O) groups excluding carboxylic acids is 2. The molecule has 0 aromatic rings. The minimum absolute atomic E-state index is 0.0530. The van der Waals surface area contributed by atoms with Crippen LogP contribution in [-0.4, -0.2) is 55.3 Å². The molecule has 0 aromatic heterocycles. The van der Waals surface area contributed by atoms with Gasteiger partial charge in [-0.25, -0.2) is 8.42 Å². The Morgan fingerprint density at radius 1 is 1.27 bits per heavy atom. The molecule has 2 fully saturated rings. The molecule has 1 heterocycles. The first kappa shape index (κ1) is 17.2. The van der Waals surface area contributed by atoms with Crippen LogP contribution in [0.1, 0.15) is 40.0 Å². The highest BCUT2D eigenvalue weighted by atomic mass is 32.2. The maximum Gasteiger partial charge on any atom is 0.226 e. The zero-order valence-electron chi connectivity index (χ0n) is 13.5. The molecule has 126 valence electrons. The van der Waals surface area contributed by atoms with Gasteiger partial charge in [0.1, 0.15) is 0 Å². The first-order valence-electron chi connectivity index (χ1n) is 8.10. The van der Waals surface area contributed by atoms with Gasteiger partial charge in [-0.15, -0.1) is 0 Å². The van der Waals surface area contributed by atoms with E-state index in [1.165, 1.54) is 0 Å². The fourth-order valence-corrected chi connectivity index (χ4v) is 4.77. The van der Waals surface area contributed by atoms with Crippen molar-refractivity contribution >= 4 is 21.7 Å². The molecular formula is C15H26N2O4S. The lowest BCUT2D eigenvalue weighted by atomic mass is 10.1. The Hall–Kier alpha value is -1.11.